The Morgan fingerprint density at radius 3 is 2.35 bits per heavy atom. The molecule has 0 spiro atoms. The second-order valence-corrected chi connectivity index (χ2v) is 8.09. The van der Waals surface area contributed by atoms with Gasteiger partial charge in [0, 0.05) is 17.5 Å². The Morgan fingerprint density at radius 2 is 1.81 bits per heavy atom. The summed E-state index contributed by atoms with van der Waals surface area (Å²) in [5, 5.41) is 2.98. The molecule has 1 aromatic rings. The summed E-state index contributed by atoms with van der Waals surface area (Å²) in [6.45, 7) is 0.925. The summed E-state index contributed by atoms with van der Waals surface area (Å²) in [7, 11) is 1.94. The molecule has 4 nitrogen and oxygen atoms in total. The molecule has 2 fully saturated rings. The third-order valence-corrected chi connectivity index (χ3v) is 5.94. The molecule has 1 amide bonds. The van der Waals surface area contributed by atoms with E-state index in [1.807, 2.05) is 11.9 Å². The quantitative estimate of drug-likeness (QED) is 0.761. The molecular weight excluding hydrogens is 383 g/mol. The SMILES string of the molecule is CN1CCC[C@H]1C(=O)NC1CCC(C(F)(F)c2cc(Cl)nc(Cl)c2)CC1. The summed E-state index contributed by atoms with van der Waals surface area (Å²) >= 11 is 11.5. The third kappa shape index (κ3) is 4.29. The number of pyridine rings is 1. The normalized spacial score (nSPS) is 27.5. The molecule has 3 rings (SSSR count). The van der Waals surface area contributed by atoms with Crippen LogP contribution in [0.1, 0.15) is 44.1 Å². The van der Waals surface area contributed by atoms with E-state index in [2.05, 4.69) is 10.3 Å². The standard InChI is InChI=1S/C18H23Cl2F2N3O/c1-25-8-2-3-14(25)17(26)23-13-6-4-11(5-7-13)18(21,22)12-9-15(19)24-16(20)10-12/h9-11,13-14H,2-8H2,1H3,(H,23,26)/t11?,13?,14-/m0/s1. The molecule has 1 aliphatic carbocycles. The van der Waals surface area contributed by atoms with Gasteiger partial charge in [0.15, 0.2) is 0 Å². The van der Waals surface area contributed by atoms with Crippen LogP contribution in [-0.2, 0) is 10.7 Å². The number of nitrogens with zero attached hydrogens (tertiary/aromatic N) is 2. The number of carbonyl (C=O) groups is 1. The van der Waals surface area contributed by atoms with Crippen LogP contribution in [-0.4, -0.2) is 41.5 Å². The van der Waals surface area contributed by atoms with E-state index in [1.54, 1.807) is 0 Å². The van der Waals surface area contributed by atoms with Gasteiger partial charge in [-0.15, -0.1) is 0 Å². The average Bonchev–Trinajstić information content (AvgIpc) is 3.00. The van der Waals surface area contributed by atoms with Crippen LogP contribution in [0.3, 0.4) is 0 Å². The van der Waals surface area contributed by atoms with E-state index in [0.29, 0.717) is 25.7 Å². The molecule has 1 N–H and O–H groups in total. The van der Waals surface area contributed by atoms with Crippen LogP contribution in [0.15, 0.2) is 12.1 Å². The Bertz CT molecular complexity index is 646. The summed E-state index contributed by atoms with van der Waals surface area (Å²) in [4.78, 5) is 18.1. The number of halogens is 4. The number of rotatable bonds is 4. The molecular formula is C18H23Cl2F2N3O. The zero-order valence-electron chi connectivity index (χ0n) is 14.7. The topological polar surface area (TPSA) is 45.2 Å². The highest BCUT2D eigenvalue weighted by Crippen LogP contribution is 2.44. The minimum Gasteiger partial charge on any atom is -0.352 e. The lowest BCUT2D eigenvalue weighted by molar-refractivity contribution is -0.126. The van der Waals surface area contributed by atoms with Gasteiger partial charge in [-0.2, -0.15) is 0 Å². The predicted molar refractivity (Wildman–Crippen MR) is 97.7 cm³/mol. The minimum atomic E-state index is -3.02. The fourth-order valence-corrected chi connectivity index (χ4v) is 4.49. The van der Waals surface area contributed by atoms with Gasteiger partial charge in [-0.25, -0.2) is 13.8 Å². The first-order chi connectivity index (χ1) is 12.3. The van der Waals surface area contributed by atoms with E-state index in [0.717, 1.165) is 19.4 Å². The van der Waals surface area contributed by atoms with Crippen molar-refractivity contribution >= 4 is 29.1 Å². The van der Waals surface area contributed by atoms with Crippen molar-refractivity contribution in [3.63, 3.8) is 0 Å². The van der Waals surface area contributed by atoms with E-state index < -0.39 is 11.8 Å². The molecule has 0 radical (unpaired) electrons. The van der Waals surface area contributed by atoms with Gasteiger partial charge in [-0.3, -0.25) is 9.69 Å². The van der Waals surface area contributed by atoms with Crippen molar-refractivity contribution in [1.29, 1.82) is 0 Å². The zero-order chi connectivity index (χ0) is 18.9. The van der Waals surface area contributed by atoms with Crippen molar-refractivity contribution in [2.24, 2.45) is 5.92 Å². The van der Waals surface area contributed by atoms with E-state index in [-0.39, 0.29) is 33.9 Å². The largest absolute Gasteiger partial charge is 0.352 e. The van der Waals surface area contributed by atoms with E-state index >= 15 is 0 Å². The summed E-state index contributed by atoms with van der Waals surface area (Å²) < 4.78 is 29.7. The molecule has 1 saturated carbocycles. The Morgan fingerprint density at radius 1 is 1.19 bits per heavy atom. The summed E-state index contributed by atoms with van der Waals surface area (Å²) in [5.41, 5.74) is -0.192. The molecule has 144 valence electrons. The highest BCUT2D eigenvalue weighted by molar-refractivity contribution is 6.32. The maximum absolute atomic E-state index is 14.8. The number of carbonyl (C=O) groups excluding carboxylic acids is 1. The second-order valence-electron chi connectivity index (χ2n) is 7.32. The molecule has 26 heavy (non-hydrogen) atoms. The van der Waals surface area contributed by atoms with Gasteiger partial charge < -0.3 is 5.32 Å². The number of likely N-dealkylation sites (tertiary alicyclic amines) is 1. The molecule has 0 bridgehead atoms. The van der Waals surface area contributed by atoms with Crippen LogP contribution in [0.2, 0.25) is 10.3 Å². The smallest absolute Gasteiger partial charge is 0.276 e. The molecule has 8 heteroatoms. The highest BCUT2D eigenvalue weighted by atomic mass is 35.5. The van der Waals surface area contributed by atoms with Gasteiger partial charge in [-0.05, 0) is 64.3 Å². The lowest BCUT2D eigenvalue weighted by atomic mass is 9.80. The van der Waals surface area contributed by atoms with E-state index in [1.165, 1.54) is 12.1 Å². The number of hydrogen-bond donors (Lipinski definition) is 1. The van der Waals surface area contributed by atoms with Crippen molar-refractivity contribution in [2.45, 2.75) is 56.5 Å². The zero-order valence-corrected chi connectivity index (χ0v) is 16.2. The molecule has 2 heterocycles. The van der Waals surface area contributed by atoms with Crippen molar-refractivity contribution < 1.29 is 13.6 Å². The Hall–Kier alpha value is -0.980. The molecule has 1 aromatic heterocycles. The van der Waals surface area contributed by atoms with Crippen LogP contribution in [0.4, 0.5) is 8.78 Å². The van der Waals surface area contributed by atoms with Crippen molar-refractivity contribution in [3.05, 3.63) is 28.0 Å². The van der Waals surface area contributed by atoms with Crippen LogP contribution in [0, 0.1) is 5.92 Å². The summed E-state index contributed by atoms with van der Waals surface area (Å²) in [6.07, 6.45) is 3.67. The molecule has 2 aliphatic rings. The molecule has 1 saturated heterocycles. The Labute approximate surface area is 162 Å². The molecule has 1 atom stereocenters. The number of alkyl halides is 2. The number of likely N-dealkylation sites (N-methyl/N-ethyl adjacent to an activating group) is 1. The van der Waals surface area contributed by atoms with Gasteiger partial charge in [-0.1, -0.05) is 23.2 Å². The summed E-state index contributed by atoms with van der Waals surface area (Å²) in [6, 6.07) is 2.23. The molecule has 0 aromatic carbocycles. The maximum atomic E-state index is 14.8. The lowest BCUT2D eigenvalue weighted by Gasteiger charge is -2.34. The van der Waals surface area contributed by atoms with Crippen molar-refractivity contribution in [1.82, 2.24) is 15.2 Å². The second kappa shape index (κ2) is 7.95. The fraction of sp³-hybridized carbons (Fsp3) is 0.667. The molecule has 1 aliphatic heterocycles. The van der Waals surface area contributed by atoms with Crippen molar-refractivity contribution in [3.8, 4) is 0 Å². The highest BCUT2D eigenvalue weighted by Gasteiger charge is 2.43. The first-order valence-electron chi connectivity index (χ1n) is 8.99. The predicted octanol–water partition coefficient (Wildman–Crippen LogP) is 4.25. The Kier molecular flexibility index (Phi) is 6.04. The average molecular weight is 406 g/mol. The van der Waals surface area contributed by atoms with Crippen LogP contribution in [0.5, 0.6) is 0 Å². The van der Waals surface area contributed by atoms with Gasteiger partial charge in [0.2, 0.25) is 5.91 Å². The van der Waals surface area contributed by atoms with Crippen LogP contribution in [0.25, 0.3) is 0 Å². The van der Waals surface area contributed by atoms with E-state index in [4.69, 9.17) is 23.2 Å². The van der Waals surface area contributed by atoms with Gasteiger partial charge in [0.25, 0.3) is 5.92 Å². The van der Waals surface area contributed by atoms with Crippen molar-refractivity contribution in [2.75, 3.05) is 13.6 Å². The minimum absolute atomic E-state index is 0.0212. The fourth-order valence-electron chi connectivity index (χ4n) is 4.03. The van der Waals surface area contributed by atoms with Gasteiger partial charge in [0.05, 0.1) is 6.04 Å². The lowest BCUT2D eigenvalue weighted by Crippen LogP contribution is -2.47. The first-order valence-corrected chi connectivity index (χ1v) is 9.75. The third-order valence-electron chi connectivity index (χ3n) is 5.56. The Balaban J connectivity index is 1.58. The van der Waals surface area contributed by atoms with Gasteiger partial charge >= 0.3 is 0 Å². The monoisotopic (exact) mass is 405 g/mol. The van der Waals surface area contributed by atoms with Crippen LogP contribution >= 0.6 is 23.2 Å². The number of amides is 1. The summed E-state index contributed by atoms with van der Waals surface area (Å²) in [5.74, 6) is -3.79. The van der Waals surface area contributed by atoms with Gasteiger partial charge in [0.1, 0.15) is 10.3 Å². The number of nitrogens with one attached hydrogen (secondary N) is 1. The number of hydrogen-bond acceptors (Lipinski definition) is 3. The van der Waals surface area contributed by atoms with Crippen LogP contribution < -0.4 is 5.32 Å². The first kappa shape index (κ1) is 19.8. The van der Waals surface area contributed by atoms with E-state index in [9.17, 15) is 13.6 Å². The molecule has 0 unspecified atom stereocenters. The number of aromatic nitrogens is 1. The maximum Gasteiger partial charge on any atom is 0.276 e.